The molecule has 21 heavy (non-hydrogen) atoms. The normalized spacial score (nSPS) is 16.2. The van der Waals surface area contributed by atoms with E-state index in [0.29, 0.717) is 12.5 Å². The molecule has 0 aromatic heterocycles. The van der Waals surface area contributed by atoms with Crippen LogP contribution in [0.3, 0.4) is 0 Å². The highest BCUT2D eigenvalue weighted by Gasteiger charge is 2.16. The van der Waals surface area contributed by atoms with Crippen molar-refractivity contribution in [3.63, 3.8) is 0 Å². The summed E-state index contributed by atoms with van der Waals surface area (Å²) in [4.78, 5) is 15.7. The van der Waals surface area contributed by atoms with Gasteiger partial charge in [-0.2, -0.15) is 0 Å². The van der Waals surface area contributed by atoms with Crippen LogP contribution in [0.4, 0.5) is 4.79 Å². The fraction of sp³-hybridized carbons (Fsp3) is 0.867. The van der Waals surface area contributed by atoms with Gasteiger partial charge in [0.15, 0.2) is 5.96 Å². The fourth-order valence-electron chi connectivity index (χ4n) is 1.93. The van der Waals surface area contributed by atoms with Crippen LogP contribution in [-0.4, -0.2) is 37.3 Å². The third-order valence-electron chi connectivity index (χ3n) is 3.32. The summed E-state index contributed by atoms with van der Waals surface area (Å²) in [6, 6.07) is 0. The number of guanidine groups is 1. The van der Waals surface area contributed by atoms with Crippen molar-refractivity contribution < 1.29 is 9.53 Å². The molecule has 0 saturated heterocycles. The van der Waals surface area contributed by atoms with Gasteiger partial charge >= 0.3 is 6.09 Å². The molecule has 0 radical (unpaired) electrons. The van der Waals surface area contributed by atoms with Crippen molar-refractivity contribution in [2.45, 2.75) is 58.5 Å². The molecule has 0 aromatic carbocycles. The number of hydrogen-bond donors (Lipinski definition) is 3. The number of rotatable bonds is 7. The van der Waals surface area contributed by atoms with Crippen LogP contribution in [0.5, 0.6) is 0 Å². The summed E-state index contributed by atoms with van der Waals surface area (Å²) >= 11 is 0. The maximum Gasteiger partial charge on any atom is 0.407 e. The first-order valence-corrected chi connectivity index (χ1v) is 7.87. The van der Waals surface area contributed by atoms with Gasteiger partial charge in [-0.25, -0.2) is 4.79 Å². The lowest BCUT2D eigenvalue weighted by Gasteiger charge is -2.23. The molecule has 0 aliphatic heterocycles. The highest BCUT2D eigenvalue weighted by Crippen LogP contribution is 2.26. The van der Waals surface area contributed by atoms with Gasteiger partial charge in [0, 0.05) is 19.6 Å². The molecule has 6 nitrogen and oxygen atoms in total. The minimum atomic E-state index is -0.447. The molecule has 1 saturated carbocycles. The van der Waals surface area contributed by atoms with Crippen molar-refractivity contribution in [1.29, 1.82) is 0 Å². The lowest BCUT2D eigenvalue weighted by molar-refractivity contribution is 0.0527. The molecule has 0 spiro atoms. The molecule has 1 fully saturated rings. The van der Waals surface area contributed by atoms with Crippen LogP contribution < -0.4 is 16.4 Å². The highest BCUT2D eigenvalue weighted by atomic mass is 16.6. The SMILES string of the molecule is CC(C)(C)OC(=O)NCCCCNC(N)=NCC1CCC1. The van der Waals surface area contributed by atoms with E-state index in [0.717, 1.165) is 31.8 Å². The monoisotopic (exact) mass is 298 g/mol. The van der Waals surface area contributed by atoms with E-state index in [1.165, 1.54) is 19.3 Å². The molecule has 0 heterocycles. The molecule has 0 bridgehead atoms. The van der Waals surface area contributed by atoms with Gasteiger partial charge in [0.25, 0.3) is 0 Å². The molecule has 1 amide bonds. The highest BCUT2D eigenvalue weighted by molar-refractivity contribution is 5.77. The number of nitrogens with one attached hydrogen (secondary N) is 2. The van der Waals surface area contributed by atoms with Gasteiger partial charge in [-0.1, -0.05) is 6.42 Å². The van der Waals surface area contributed by atoms with Crippen molar-refractivity contribution in [2.24, 2.45) is 16.6 Å². The van der Waals surface area contributed by atoms with Gasteiger partial charge in [-0.15, -0.1) is 0 Å². The molecular formula is C15H30N4O2. The van der Waals surface area contributed by atoms with Gasteiger partial charge in [-0.05, 0) is 52.4 Å². The van der Waals surface area contributed by atoms with Crippen LogP contribution >= 0.6 is 0 Å². The van der Waals surface area contributed by atoms with Crippen LogP contribution in [-0.2, 0) is 4.74 Å². The Morgan fingerprint density at radius 1 is 1.24 bits per heavy atom. The average Bonchev–Trinajstić information content (AvgIpc) is 2.29. The Balaban J connectivity index is 1.95. The zero-order chi connectivity index (χ0) is 15.7. The smallest absolute Gasteiger partial charge is 0.407 e. The fourth-order valence-corrected chi connectivity index (χ4v) is 1.93. The topological polar surface area (TPSA) is 88.7 Å². The zero-order valence-corrected chi connectivity index (χ0v) is 13.6. The maximum atomic E-state index is 11.4. The predicted molar refractivity (Wildman–Crippen MR) is 85.3 cm³/mol. The number of amides is 1. The van der Waals surface area contributed by atoms with Crippen molar-refractivity contribution >= 4 is 12.1 Å². The Morgan fingerprint density at radius 3 is 2.38 bits per heavy atom. The minimum absolute atomic E-state index is 0.364. The Kier molecular flexibility index (Phi) is 7.32. The number of unbranched alkanes of at least 4 members (excludes halogenated alkanes) is 1. The molecule has 4 N–H and O–H groups in total. The number of nitrogens with zero attached hydrogens (tertiary/aromatic N) is 1. The Labute approximate surface area is 127 Å². The number of hydrogen-bond acceptors (Lipinski definition) is 3. The summed E-state index contributed by atoms with van der Waals surface area (Å²) < 4.78 is 5.15. The van der Waals surface area contributed by atoms with E-state index in [1.807, 2.05) is 20.8 Å². The van der Waals surface area contributed by atoms with Crippen molar-refractivity contribution in [1.82, 2.24) is 10.6 Å². The summed E-state index contributed by atoms with van der Waals surface area (Å²) in [7, 11) is 0. The van der Waals surface area contributed by atoms with Crippen LogP contribution in [0.2, 0.25) is 0 Å². The van der Waals surface area contributed by atoms with Crippen LogP contribution in [0.25, 0.3) is 0 Å². The largest absolute Gasteiger partial charge is 0.444 e. The summed E-state index contributed by atoms with van der Waals surface area (Å²) in [6.45, 7) is 7.78. The molecule has 0 aromatic rings. The molecule has 0 atom stereocenters. The van der Waals surface area contributed by atoms with Crippen LogP contribution in [0, 0.1) is 5.92 Å². The van der Waals surface area contributed by atoms with Gasteiger partial charge in [0.2, 0.25) is 0 Å². The van der Waals surface area contributed by atoms with Gasteiger partial charge < -0.3 is 21.1 Å². The molecule has 1 aliphatic rings. The van der Waals surface area contributed by atoms with E-state index in [1.54, 1.807) is 0 Å². The van der Waals surface area contributed by atoms with E-state index < -0.39 is 5.60 Å². The van der Waals surface area contributed by atoms with E-state index in [4.69, 9.17) is 10.5 Å². The van der Waals surface area contributed by atoms with Gasteiger partial charge in [-0.3, -0.25) is 4.99 Å². The van der Waals surface area contributed by atoms with Crippen molar-refractivity contribution in [3.05, 3.63) is 0 Å². The second-order valence-electron chi connectivity index (χ2n) is 6.59. The lowest BCUT2D eigenvalue weighted by Crippen LogP contribution is -2.35. The summed E-state index contributed by atoms with van der Waals surface area (Å²) in [6.07, 6.45) is 5.34. The number of alkyl carbamates (subject to hydrolysis) is 1. The first-order chi connectivity index (χ1) is 9.87. The van der Waals surface area contributed by atoms with Crippen molar-refractivity contribution in [2.75, 3.05) is 19.6 Å². The number of carbonyl (C=O) groups is 1. The minimum Gasteiger partial charge on any atom is -0.444 e. The van der Waals surface area contributed by atoms with E-state index in [-0.39, 0.29) is 6.09 Å². The zero-order valence-electron chi connectivity index (χ0n) is 13.6. The molecular weight excluding hydrogens is 268 g/mol. The van der Waals surface area contributed by atoms with Gasteiger partial charge in [0.05, 0.1) is 0 Å². The number of ether oxygens (including phenoxy) is 1. The van der Waals surface area contributed by atoms with E-state index >= 15 is 0 Å². The number of nitrogens with two attached hydrogens (primary N) is 1. The lowest BCUT2D eigenvalue weighted by atomic mass is 9.86. The molecule has 1 aliphatic carbocycles. The van der Waals surface area contributed by atoms with Crippen molar-refractivity contribution in [3.8, 4) is 0 Å². The Morgan fingerprint density at radius 2 is 1.86 bits per heavy atom. The molecule has 1 rings (SSSR count). The quantitative estimate of drug-likeness (QED) is 0.381. The first kappa shape index (κ1) is 17.6. The molecule has 122 valence electrons. The van der Waals surface area contributed by atoms with Crippen LogP contribution in [0.1, 0.15) is 52.9 Å². The maximum absolute atomic E-state index is 11.4. The number of carbonyl (C=O) groups excluding carboxylic acids is 1. The second-order valence-corrected chi connectivity index (χ2v) is 6.59. The molecule has 0 unspecified atom stereocenters. The summed E-state index contributed by atoms with van der Waals surface area (Å²) in [5.41, 5.74) is 5.33. The Hall–Kier alpha value is -1.46. The van der Waals surface area contributed by atoms with Gasteiger partial charge in [0.1, 0.15) is 5.60 Å². The third-order valence-corrected chi connectivity index (χ3v) is 3.32. The Bertz CT molecular complexity index is 346. The van der Waals surface area contributed by atoms with E-state index in [2.05, 4.69) is 15.6 Å². The van der Waals surface area contributed by atoms with Crippen LogP contribution in [0.15, 0.2) is 4.99 Å². The first-order valence-electron chi connectivity index (χ1n) is 7.87. The van der Waals surface area contributed by atoms with E-state index in [9.17, 15) is 4.79 Å². The summed E-state index contributed by atoms with van der Waals surface area (Å²) in [5.74, 6) is 1.27. The standard InChI is InChI=1S/C15H30N4O2/c1-15(2,3)21-14(20)18-10-5-4-9-17-13(16)19-11-12-7-6-8-12/h12H,4-11H2,1-3H3,(H,18,20)(H3,16,17,19). The third kappa shape index (κ3) is 9.15. The number of aliphatic imine (C=N–C) groups is 1. The molecule has 6 heteroatoms. The summed E-state index contributed by atoms with van der Waals surface area (Å²) in [5, 5.41) is 5.83. The predicted octanol–water partition coefficient (Wildman–Crippen LogP) is 2.00. The average molecular weight is 298 g/mol. The second kappa shape index (κ2) is 8.74.